The number of nitrogens with one attached hydrogen (secondary N) is 1. The van der Waals surface area contributed by atoms with E-state index >= 15 is 0 Å². The van der Waals surface area contributed by atoms with Gasteiger partial charge in [0.05, 0.1) is 4.88 Å². The zero-order chi connectivity index (χ0) is 9.97. The van der Waals surface area contributed by atoms with Crippen LogP contribution in [0.25, 0.3) is 10.7 Å². The van der Waals surface area contributed by atoms with Gasteiger partial charge >= 0.3 is 0 Å². The molecule has 0 saturated heterocycles. The van der Waals surface area contributed by atoms with Gasteiger partial charge in [-0.25, -0.2) is 9.67 Å². The van der Waals surface area contributed by atoms with E-state index in [2.05, 4.69) is 25.8 Å². The molecule has 2 aromatic rings. The smallest absolute Gasteiger partial charge is 0.193 e. The summed E-state index contributed by atoms with van der Waals surface area (Å²) in [5.74, 6) is 0.754. The molecule has 0 aliphatic rings. The number of aryl methyl sites for hydroxylation is 1. The minimum absolute atomic E-state index is 0.754. The molecule has 74 valence electrons. The second kappa shape index (κ2) is 3.81. The molecule has 0 spiro atoms. The van der Waals surface area contributed by atoms with Gasteiger partial charge in [-0.3, -0.25) is 0 Å². The number of aromatic nitrogens is 5. The van der Waals surface area contributed by atoms with E-state index in [1.807, 2.05) is 14.1 Å². The summed E-state index contributed by atoms with van der Waals surface area (Å²) in [7, 11) is 3.71. The molecule has 6 nitrogen and oxygen atoms in total. The Hall–Kier alpha value is -1.34. The first-order chi connectivity index (χ1) is 6.81. The average Bonchev–Trinajstić information content (AvgIpc) is 2.74. The third-order valence-electron chi connectivity index (χ3n) is 1.72. The summed E-state index contributed by atoms with van der Waals surface area (Å²) in [6.45, 7) is 0.774. The molecule has 0 unspecified atom stereocenters. The van der Waals surface area contributed by atoms with Gasteiger partial charge < -0.3 is 5.32 Å². The summed E-state index contributed by atoms with van der Waals surface area (Å²) in [5, 5.41) is 15.3. The van der Waals surface area contributed by atoms with Crippen molar-refractivity contribution in [2.45, 2.75) is 6.54 Å². The van der Waals surface area contributed by atoms with Crippen LogP contribution in [0.4, 0.5) is 0 Å². The van der Waals surface area contributed by atoms with Gasteiger partial charge in [0.15, 0.2) is 5.82 Å². The monoisotopic (exact) mass is 210 g/mol. The lowest BCUT2D eigenvalue weighted by Gasteiger charge is -1.92. The Kier molecular flexibility index (Phi) is 2.51. The van der Waals surface area contributed by atoms with Gasteiger partial charge in [-0.1, -0.05) is 0 Å². The average molecular weight is 210 g/mol. The lowest BCUT2D eigenvalue weighted by atomic mass is 10.5. The molecule has 1 N–H and O–H groups in total. The maximum atomic E-state index is 4.25. The fraction of sp³-hybridized carbons (Fsp3) is 0.429. The van der Waals surface area contributed by atoms with E-state index < -0.39 is 0 Å². The van der Waals surface area contributed by atoms with E-state index in [1.54, 1.807) is 22.2 Å². The van der Waals surface area contributed by atoms with Crippen molar-refractivity contribution in [1.82, 2.24) is 30.5 Å². The highest BCUT2D eigenvalue weighted by molar-refractivity contribution is 7.15. The van der Waals surface area contributed by atoms with Crippen LogP contribution >= 0.6 is 11.3 Å². The number of thiazole rings is 1. The molecule has 0 bridgehead atoms. The second-order valence-corrected chi connectivity index (χ2v) is 3.89. The maximum absolute atomic E-state index is 4.25. The van der Waals surface area contributed by atoms with Crippen molar-refractivity contribution < 1.29 is 0 Å². The summed E-state index contributed by atoms with van der Waals surface area (Å²) in [6, 6.07) is 0. The molecule has 14 heavy (non-hydrogen) atoms. The minimum atomic E-state index is 0.754. The molecule has 0 fully saturated rings. The lowest BCUT2D eigenvalue weighted by molar-refractivity contribution is 0.715. The summed E-state index contributed by atoms with van der Waals surface area (Å²) >= 11 is 1.59. The molecule has 0 saturated carbocycles. The predicted octanol–water partition coefficient (Wildman–Crippen LogP) is 0.0530. The van der Waals surface area contributed by atoms with E-state index in [0.29, 0.717) is 0 Å². The van der Waals surface area contributed by atoms with Gasteiger partial charge in [0, 0.05) is 19.8 Å². The minimum Gasteiger partial charge on any atom is -0.314 e. The van der Waals surface area contributed by atoms with Crippen molar-refractivity contribution in [2.24, 2.45) is 7.05 Å². The molecule has 0 aliphatic heterocycles. The van der Waals surface area contributed by atoms with Gasteiger partial charge in [0.25, 0.3) is 0 Å². The summed E-state index contributed by atoms with van der Waals surface area (Å²) < 4.78 is 1.64. The molecule has 7 heteroatoms. The highest BCUT2D eigenvalue weighted by Gasteiger charge is 2.09. The lowest BCUT2D eigenvalue weighted by Crippen LogP contribution is -2.03. The second-order valence-electron chi connectivity index (χ2n) is 2.77. The molecule has 0 amide bonds. The third kappa shape index (κ3) is 1.64. The van der Waals surface area contributed by atoms with Crippen LogP contribution < -0.4 is 5.32 Å². The van der Waals surface area contributed by atoms with E-state index in [4.69, 9.17) is 0 Å². The van der Waals surface area contributed by atoms with Crippen LogP contribution in [0.3, 0.4) is 0 Å². The first kappa shape index (κ1) is 9.22. The molecular weight excluding hydrogens is 200 g/mol. The first-order valence-corrected chi connectivity index (χ1v) is 4.95. The van der Waals surface area contributed by atoms with Crippen molar-refractivity contribution in [3.63, 3.8) is 0 Å². The summed E-state index contributed by atoms with van der Waals surface area (Å²) in [4.78, 5) is 5.24. The van der Waals surface area contributed by atoms with E-state index in [0.717, 1.165) is 22.3 Å². The fourth-order valence-electron chi connectivity index (χ4n) is 1.08. The number of rotatable bonds is 3. The topological polar surface area (TPSA) is 68.5 Å². The molecule has 2 heterocycles. The largest absolute Gasteiger partial charge is 0.314 e. The molecular formula is C7H10N6S. The van der Waals surface area contributed by atoms with Gasteiger partial charge in [-0.15, -0.1) is 16.4 Å². The Balaban J connectivity index is 2.29. The van der Waals surface area contributed by atoms with Crippen molar-refractivity contribution in [3.05, 3.63) is 11.2 Å². The Morgan fingerprint density at radius 2 is 2.43 bits per heavy atom. The van der Waals surface area contributed by atoms with Crippen molar-refractivity contribution in [3.8, 4) is 10.7 Å². The Morgan fingerprint density at radius 3 is 3.07 bits per heavy atom. The molecule has 0 aromatic carbocycles. The van der Waals surface area contributed by atoms with Gasteiger partial charge in [-0.2, -0.15) is 0 Å². The predicted molar refractivity (Wildman–Crippen MR) is 52.7 cm³/mol. The van der Waals surface area contributed by atoms with Crippen LogP contribution in [0, 0.1) is 0 Å². The van der Waals surface area contributed by atoms with Crippen LogP contribution in [0.1, 0.15) is 5.01 Å². The van der Waals surface area contributed by atoms with Crippen LogP contribution in [-0.4, -0.2) is 32.2 Å². The van der Waals surface area contributed by atoms with E-state index in [-0.39, 0.29) is 0 Å². The Labute approximate surface area is 85.0 Å². The van der Waals surface area contributed by atoms with Crippen molar-refractivity contribution >= 4 is 11.3 Å². The van der Waals surface area contributed by atoms with Gasteiger partial charge in [-0.05, 0) is 17.5 Å². The summed E-state index contributed by atoms with van der Waals surface area (Å²) in [6.07, 6.45) is 1.79. The number of tetrazole rings is 1. The van der Waals surface area contributed by atoms with Crippen molar-refractivity contribution in [1.29, 1.82) is 0 Å². The SMILES string of the molecule is CNCc1ncc(-c2nnnn2C)s1. The Morgan fingerprint density at radius 1 is 1.57 bits per heavy atom. The van der Waals surface area contributed by atoms with Gasteiger partial charge in [0.2, 0.25) is 0 Å². The quantitative estimate of drug-likeness (QED) is 0.775. The zero-order valence-electron chi connectivity index (χ0n) is 7.93. The number of hydrogen-bond donors (Lipinski definition) is 1. The van der Waals surface area contributed by atoms with Crippen LogP contribution in [0.15, 0.2) is 6.20 Å². The van der Waals surface area contributed by atoms with E-state index in [1.165, 1.54) is 0 Å². The van der Waals surface area contributed by atoms with Crippen LogP contribution in [0.5, 0.6) is 0 Å². The third-order valence-corrected chi connectivity index (χ3v) is 2.72. The van der Waals surface area contributed by atoms with Crippen LogP contribution in [-0.2, 0) is 13.6 Å². The summed E-state index contributed by atoms with van der Waals surface area (Å²) in [5.41, 5.74) is 0. The zero-order valence-corrected chi connectivity index (χ0v) is 8.75. The van der Waals surface area contributed by atoms with Crippen molar-refractivity contribution in [2.75, 3.05) is 7.05 Å². The highest BCUT2D eigenvalue weighted by Crippen LogP contribution is 2.22. The Bertz CT molecular complexity index is 419. The number of nitrogens with zero attached hydrogens (tertiary/aromatic N) is 5. The molecule has 0 aliphatic carbocycles. The van der Waals surface area contributed by atoms with Gasteiger partial charge in [0.1, 0.15) is 5.01 Å². The van der Waals surface area contributed by atoms with Crippen LogP contribution in [0.2, 0.25) is 0 Å². The first-order valence-electron chi connectivity index (χ1n) is 4.13. The fourth-order valence-corrected chi connectivity index (χ4v) is 2.03. The molecule has 2 rings (SSSR count). The highest BCUT2D eigenvalue weighted by atomic mass is 32.1. The maximum Gasteiger partial charge on any atom is 0.193 e. The molecule has 0 atom stereocenters. The molecule has 0 radical (unpaired) electrons. The normalized spacial score (nSPS) is 10.7. The standard InChI is InChI=1S/C7H10N6S/c1-8-4-6-9-3-5(14-6)7-10-11-12-13(7)2/h3,8H,4H2,1-2H3. The van der Waals surface area contributed by atoms with E-state index in [9.17, 15) is 0 Å². The number of hydrogen-bond acceptors (Lipinski definition) is 6. The molecule has 2 aromatic heterocycles.